The van der Waals surface area contributed by atoms with Crippen molar-refractivity contribution in [2.75, 3.05) is 11.5 Å². The highest BCUT2D eigenvalue weighted by Crippen LogP contribution is 2.55. The van der Waals surface area contributed by atoms with Gasteiger partial charge in [-0.15, -0.1) is 0 Å². The van der Waals surface area contributed by atoms with E-state index in [1.807, 2.05) is 24.3 Å². The first-order valence-electron chi connectivity index (χ1n) is 10.0. The summed E-state index contributed by atoms with van der Waals surface area (Å²) in [5, 5.41) is 0. The van der Waals surface area contributed by atoms with Crippen LogP contribution >= 0.6 is 0 Å². The predicted octanol–water partition coefficient (Wildman–Crippen LogP) is 5.94. The molecule has 0 saturated heterocycles. The van der Waals surface area contributed by atoms with E-state index in [1.54, 1.807) is 11.1 Å². The Kier molecular flexibility index (Phi) is 3.75. The Hall–Kier alpha value is -2.74. The van der Waals surface area contributed by atoms with Crippen LogP contribution in [-0.2, 0) is 11.8 Å². The lowest BCUT2D eigenvalue weighted by Gasteiger charge is -2.28. The summed E-state index contributed by atoms with van der Waals surface area (Å²) in [5.41, 5.74) is 22.4. The summed E-state index contributed by atoms with van der Waals surface area (Å²) in [4.78, 5) is 0. The van der Waals surface area contributed by atoms with E-state index in [4.69, 9.17) is 11.5 Å². The molecule has 0 unspecified atom stereocenters. The second-order valence-corrected chi connectivity index (χ2v) is 8.25. The standard InChI is InChI=1S/C25H26N2/c26-19-7-3-17(4-8-19)21-11-12-22(18-5-9-20(27)10-6-18)24-23(21)13-16-25(24)14-1-2-15-25/h3-12H,1-2,13-16,26-27H2. The van der Waals surface area contributed by atoms with Gasteiger partial charge in [0.1, 0.15) is 0 Å². The van der Waals surface area contributed by atoms with Crippen molar-refractivity contribution in [1.29, 1.82) is 0 Å². The molecule has 4 N–H and O–H groups in total. The van der Waals surface area contributed by atoms with Gasteiger partial charge in [0.15, 0.2) is 0 Å². The van der Waals surface area contributed by atoms with Gasteiger partial charge in [-0.05, 0) is 88.7 Å². The molecule has 2 aliphatic carbocycles. The van der Waals surface area contributed by atoms with Crippen molar-refractivity contribution in [3.63, 3.8) is 0 Å². The van der Waals surface area contributed by atoms with E-state index < -0.39 is 0 Å². The summed E-state index contributed by atoms with van der Waals surface area (Å²) in [5.74, 6) is 0. The molecule has 136 valence electrons. The van der Waals surface area contributed by atoms with Crippen molar-refractivity contribution >= 4 is 11.4 Å². The minimum Gasteiger partial charge on any atom is -0.399 e. The van der Waals surface area contributed by atoms with Gasteiger partial charge >= 0.3 is 0 Å². The van der Waals surface area contributed by atoms with E-state index in [0.717, 1.165) is 11.4 Å². The zero-order valence-electron chi connectivity index (χ0n) is 15.7. The molecular weight excluding hydrogens is 328 g/mol. The van der Waals surface area contributed by atoms with Crippen LogP contribution in [0.2, 0.25) is 0 Å². The number of fused-ring (bicyclic) bond motifs is 2. The highest BCUT2D eigenvalue weighted by atomic mass is 14.5. The fraction of sp³-hybridized carbons (Fsp3) is 0.280. The van der Waals surface area contributed by atoms with Gasteiger partial charge in [0.05, 0.1) is 0 Å². The first kappa shape index (κ1) is 16.4. The van der Waals surface area contributed by atoms with E-state index in [1.165, 1.54) is 60.8 Å². The zero-order chi connectivity index (χ0) is 18.4. The van der Waals surface area contributed by atoms with Gasteiger partial charge in [-0.2, -0.15) is 0 Å². The Bertz CT molecular complexity index is 978. The average Bonchev–Trinajstić information content (AvgIpc) is 3.31. The van der Waals surface area contributed by atoms with Crippen LogP contribution in [0.25, 0.3) is 22.3 Å². The highest BCUT2D eigenvalue weighted by molar-refractivity contribution is 5.80. The smallest absolute Gasteiger partial charge is 0.0314 e. The molecular formula is C25H26N2. The number of benzene rings is 3. The zero-order valence-corrected chi connectivity index (χ0v) is 15.7. The van der Waals surface area contributed by atoms with Crippen LogP contribution in [0.5, 0.6) is 0 Å². The lowest BCUT2D eigenvalue weighted by Crippen LogP contribution is -2.19. The van der Waals surface area contributed by atoms with E-state index in [-0.39, 0.29) is 0 Å². The lowest BCUT2D eigenvalue weighted by molar-refractivity contribution is 0.440. The molecule has 3 aromatic rings. The monoisotopic (exact) mass is 354 g/mol. The Balaban J connectivity index is 1.73. The molecule has 0 atom stereocenters. The van der Waals surface area contributed by atoms with Crippen LogP contribution in [0.1, 0.15) is 43.2 Å². The Morgan fingerprint density at radius 1 is 0.593 bits per heavy atom. The highest BCUT2D eigenvalue weighted by Gasteiger charge is 2.43. The summed E-state index contributed by atoms with van der Waals surface area (Å²) in [6.07, 6.45) is 7.83. The van der Waals surface area contributed by atoms with Crippen LogP contribution in [0.4, 0.5) is 11.4 Å². The van der Waals surface area contributed by atoms with Crippen LogP contribution in [0.3, 0.4) is 0 Å². The van der Waals surface area contributed by atoms with Crippen LogP contribution in [0.15, 0.2) is 60.7 Å². The summed E-state index contributed by atoms with van der Waals surface area (Å²) in [7, 11) is 0. The molecule has 0 amide bonds. The molecule has 3 aromatic carbocycles. The summed E-state index contributed by atoms with van der Waals surface area (Å²) in [6, 6.07) is 21.4. The molecule has 1 spiro atoms. The van der Waals surface area contributed by atoms with Crippen molar-refractivity contribution in [3.05, 3.63) is 71.8 Å². The van der Waals surface area contributed by atoms with Crippen molar-refractivity contribution in [2.45, 2.75) is 43.9 Å². The number of hydrogen-bond acceptors (Lipinski definition) is 2. The third-order valence-corrected chi connectivity index (χ3v) is 6.70. The second kappa shape index (κ2) is 6.16. The molecule has 0 heterocycles. The van der Waals surface area contributed by atoms with Crippen molar-refractivity contribution in [1.82, 2.24) is 0 Å². The Labute approximate surface area is 161 Å². The lowest BCUT2D eigenvalue weighted by atomic mass is 9.76. The van der Waals surface area contributed by atoms with Crippen LogP contribution in [-0.4, -0.2) is 0 Å². The molecule has 2 nitrogen and oxygen atoms in total. The topological polar surface area (TPSA) is 52.0 Å². The number of nitrogen functional groups attached to an aromatic ring is 2. The van der Waals surface area contributed by atoms with E-state index in [2.05, 4.69) is 36.4 Å². The Morgan fingerprint density at radius 2 is 1.11 bits per heavy atom. The molecule has 0 radical (unpaired) electrons. The minimum absolute atomic E-state index is 0.371. The van der Waals surface area contributed by atoms with Gasteiger partial charge in [0.2, 0.25) is 0 Å². The minimum atomic E-state index is 0.371. The average molecular weight is 354 g/mol. The molecule has 0 aromatic heterocycles. The van der Waals surface area contributed by atoms with Gasteiger partial charge in [0.25, 0.3) is 0 Å². The molecule has 1 fully saturated rings. The van der Waals surface area contributed by atoms with E-state index in [9.17, 15) is 0 Å². The van der Waals surface area contributed by atoms with Gasteiger partial charge in [-0.3, -0.25) is 0 Å². The summed E-state index contributed by atoms with van der Waals surface area (Å²) in [6.45, 7) is 0. The number of rotatable bonds is 2. The summed E-state index contributed by atoms with van der Waals surface area (Å²) < 4.78 is 0. The van der Waals surface area contributed by atoms with Gasteiger partial charge in [-0.25, -0.2) is 0 Å². The maximum absolute atomic E-state index is 5.94. The van der Waals surface area contributed by atoms with Crippen molar-refractivity contribution in [2.24, 2.45) is 0 Å². The second-order valence-electron chi connectivity index (χ2n) is 8.25. The number of anilines is 2. The number of hydrogen-bond donors (Lipinski definition) is 2. The fourth-order valence-electron chi connectivity index (χ4n) is 5.39. The molecule has 1 saturated carbocycles. The maximum Gasteiger partial charge on any atom is 0.0314 e. The fourth-order valence-corrected chi connectivity index (χ4v) is 5.39. The third kappa shape index (κ3) is 2.63. The summed E-state index contributed by atoms with van der Waals surface area (Å²) >= 11 is 0. The van der Waals surface area contributed by atoms with Crippen molar-refractivity contribution in [3.8, 4) is 22.3 Å². The molecule has 2 heteroatoms. The molecule has 0 bridgehead atoms. The molecule has 5 rings (SSSR count). The third-order valence-electron chi connectivity index (χ3n) is 6.70. The SMILES string of the molecule is Nc1ccc(-c2ccc(-c3ccc(N)cc3)c3c2CCC32CCCC2)cc1. The molecule has 0 aliphatic heterocycles. The van der Waals surface area contributed by atoms with Crippen molar-refractivity contribution < 1.29 is 0 Å². The van der Waals surface area contributed by atoms with Gasteiger partial charge < -0.3 is 11.5 Å². The molecule has 27 heavy (non-hydrogen) atoms. The first-order chi connectivity index (χ1) is 13.2. The maximum atomic E-state index is 5.94. The normalized spacial score (nSPS) is 17.3. The number of nitrogens with two attached hydrogens (primary N) is 2. The first-order valence-corrected chi connectivity index (χ1v) is 10.0. The quantitative estimate of drug-likeness (QED) is 0.559. The van der Waals surface area contributed by atoms with E-state index >= 15 is 0 Å². The van der Waals surface area contributed by atoms with Crippen LogP contribution in [0, 0.1) is 0 Å². The predicted molar refractivity (Wildman–Crippen MR) is 115 cm³/mol. The van der Waals surface area contributed by atoms with Crippen LogP contribution < -0.4 is 11.5 Å². The van der Waals surface area contributed by atoms with Gasteiger partial charge in [-0.1, -0.05) is 49.2 Å². The van der Waals surface area contributed by atoms with Gasteiger partial charge in [0, 0.05) is 11.4 Å². The Morgan fingerprint density at radius 3 is 1.70 bits per heavy atom. The molecule has 2 aliphatic rings. The van der Waals surface area contributed by atoms with E-state index in [0.29, 0.717) is 5.41 Å². The largest absolute Gasteiger partial charge is 0.399 e.